The fourth-order valence-corrected chi connectivity index (χ4v) is 2.24. The van der Waals surface area contributed by atoms with Gasteiger partial charge in [-0.2, -0.15) is 5.10 Å². The second-order valence-electron chi connectivity index (χ2n) is 4.96. The molecule has 0 aliphatic heterocycles. The first-order chi connectivity index (χ1) is 9.92. The van der Waals surface area contributed by atoms with Crippen molar-refractivity contribution in [3.8, 4) is 0 Å². The number of aryl methyl sites for hydroxylation is 1. The van der Waals surface area contributed by atoms with Gasteiger partial charge in [-0.15, -0.1) is 0 Å². The summed E-state index contributed by atoms with van der Waals surface area (Å²) >= 11 is 3.06. The Morgan fingerprint density at radius 3 is 2.81 bits per heavy atom. The average molecular weight is 354 g/mol. The first-order valence-electron chi connectivity index (χ1n) is 6.75. The monoisotopic (exact) mass is 353 g/mol. The first kappa shape index (κ1) is 15.7. The molecule has 1 aromatic carbocycles. The highest BCUT2D eigenvalue weighted by Crippen LogP contribution is 2.19. The standard InChI is InChI=1S/C15H17BrFN3O/c1-4-9(2)20-10(3)7-14(19-20)18-15(21)11-5-6-12(16)13(17)8-11/h5-9H,4H2,1-3H3,(H,18,19,21). The van der Waals surface area contributed by atoms with Gasteiger partial charge in [0.15, 0.2) is 5.82 Å². The molecule has 21 heavy (non-hydrogen) atoms. The Morgan fingerprint density at radius 2 is 2.19 bits per heavy atom. The van der Waals surface area contributed by atoms with Crippen molar-refractivity contribution in [2.45, 2.75) is 33.2 Å². The summed E-state index contributed by atoms with van der Waals surface area (Å²) in [5.74, 6) is -0.375. The van der Waals surface area contributed by atoms with Crippen LogP contribution in [0.15, 0.2) is 28.7 Å². The molecule has 1 unspecified atom stereocenters. The number of nitrogens with zero attached hydrogens (tertiary/aromatic N) is 2. The van der Waals surface area contributed by atoms with Gasteiger partial charge in [-0.05, 0) is 54.4 Å². The van der Waals surface area contributed by atoms with Crippen molar-refractivity contribution in [2.75, 3.05) is 5.32 Å². The predicted molar refractivity (Wildman–Crippen MR) is 84.0 cm³/mol. The molecule has 2 aromatic rings. The van der Waals surface area contributed by atoms with Crippen molar-refractivity contribution in [3.05, 3.63) is 45.8 Å². The van der Waals surface area contributed by atoms with E-state index in [0.717, 1.165) is 12.1 Å². The molecule has 1 N–H and O–H groups in total. The number of rotatable bonds is 4. The number of amides is 1. The lowest BCUT2D eigenvalue weighted by Gasteiger charge is -2.10. The fourth-order valence-electron chi connectivity index (χ4n) is 1.99. The molecule has 0 bridgehead atoms. The van der Waals surface area contributed by atoms with E-state index in [1.807, 2.05) is 11.6 Å². The quantitative estimate of drug-likeness (QED) is 0.889. The van der Waals surface area contributed by atoms with Crippen LogP contribution < -0.4 is 5.32 Å². The average Bonchev–Trinajstić information content (AvgIpc) is 2.81. The number of anilines is 1. The Balaban J connectivity index is 2.18. The molecular weight excluding hydrogens is 337 g/mol. The molecule has 0 spiro atoms. The van der Waals surface area contributed by atoms with Crippen LogP contribution in [0.2, 0.25) is 0 Å². The maximum Gasteiger partial charge on any atom is 0.256 e. The number of halogens is 2. The molecule has 0 saturated carbocycles. The van der Waals surface area contributed by atoms with Gasteiger partial charge in [-0.25, -0.2) is 4.39 Å². The SMILES string of the molecule is CCC(C)n1nc(NC(=O)c2ccc(Br)c(F)c2)cc1C. The summed E-state index contributed by atoms with van der Waals surface area (Å²) in [4.78, 5) is 12.1. The number of nitrogens with one attached hydrogen (secondary N) is 1. The van der Waals surface area contributed by atoms with Gasteiger partial charge in [0.2, 0.25) is 0 Å². The lowest BCUT2D eigenvalue weighted by atomic mass is 10.2. The van der Waals surface area contributed by atoms with Gasteiger partial charge < -0.3 is 5.32 Å². The zero-order valence-electron chi connectivity index (χ0n) is 12.2. The van der Waals surface area contributed by atoms with Crippen molar-refractivity contribution < 1.29 is 9.18 Å². The highest BCUT2D eigenvalue weighted by atomic mass is 79.9. The molecule has 1 heterocycles. The third-order valence-electron chi connectivity index (χ3n) is 3.35. The van der Waals surface area contributed by atoms with Gasteiger partial charge in [-0.3, -0.25) is 9.48 Å². The Kier molecular flexibility index (Phi) is 4.77. The molecule has 4 nitrogen and oxygen atoms in total. The normalized spacial score (nSPS) is 12.2. The summed E-state index contributed by atoms with van der Waals surface area (Å²) in [7, 11) is 0. The third kappa shape index (κ3) is 3.50. The van der Waals surface area contributed by atoms with Gasteiger partial charge in [0.05, 0.1) is 4.47 Å². The van der Waals surface area contributed by atoms with Crippen molar-refractivity contribution in [1.82, 2.24) is 9.78 Å². The Labute approximate surface area is 131 Å². The van der Waals surface area contributed by atoms with Crippen LogP contribution >= 0.6 is 15.9 Å². The molecule has 0 saturated heterocycles. The van der Waals surface area contributed by atoms with Crippen molar-refractivity contribution >= 4 is 27.7 Å². The minimum Gasteiger partial charge on any atom is -0.305 e. The van der Waals surface area contributed by atoms with Crippen molar-refractivity contribution in [2.24, 2.45) is 0 Å². The van der Waals surface area contributed by atoms with E-state index in [4.69, 9.17) is 0 Å². The van der Waals surface area contributed by atoms with Crippen LogP contribution in [0.5, 0.6) is 0 Å². The van der Waals surface area contributed by atoms with Crippen LogP contribution in [-0.2, 0) is 0 Å². The number of hydrogen-bond acceptors (Lipinski definition) is 2. The summed E-state index contributed by atoms with van der Waals surface area (Å²) in [6.07, 6.45) is 0.952. The molecule has 6 heteroatoms. The van der Waals surface area contributed by atoms with Crippen LogP contribution in [0.1, 0.15) is 42.4 Å². The maximum absolute atomic E-state index is 13.5. The summed E-state index contributed by atoms with van der Waals surface area (Å²) in [5, 5.41) is 7.06. The molecule has 1 amide bonds. The second kappa shape index (κ2) is 6.39. The summed E-state index contributed by atoms with van der Waals surface area (Å²) in [5.41, 5.74) is 1.23. The molecule has 0 radical (unpaired) electrons. The Bertz CT molecular complexity index is 669. The Hall–Kier alpha value is -1.69. The van der Waals surface area contributed by atoms with E-state index in [1.165, 1.54) is 12.1 Å². The number of hydrogen-bond donors (Lipinski definition) is 1. The van der Waals surface area contributed by atoms with E-state index >= 15 is 0 Å². The first-order valence-corrected chi connectivity index (χ1v) is 7.54. The third-order valence-corrected chi connectivity index (χ3v) is 4.00. The summed E-state index contributed by atoms with van der Waals surface area (Å²) in [6.45, 7) is 6.08. The Morgan fingerprint density at radius 1 is 1.48 bits per heavy atom. The number of carbonyl (C=O) groups excluding carboxylic acids is 1. The topological polar surface area (TPSA) is 46.9 Å². The molecule has 0 aliphatic carbocycles. The van der Waals surface area contributed by atoms with Crippen LogP contribution in [0, 0.1) is 12.7 Å². The summed E-state index contributed by atoms with van der Waals surface area (Å²) in [6, 6.07) is 6.33. The van der Waals surface area contributed by atoms with E-state index in [9.17, 15) is 9.18 Å². The molecule has 2 rings (SSSR count). The van der Waals surface area contributed by atoms with Gasteiger partial charge in [0.25, 0.3) is 5.91 Å². The van der Waals surface area contributed by atoms with Crippen molar-refractivity contribution in [1.29, 1.82) is 0 Å². The second-order valence-corrected chi connectivity index (χ2v) is 5.81. The summed E-state index contributed by atoms with van der Waals surface area (Å²) < 4.78 is 15.7. The van der Waals surface area contributed by atoms with Gasteiger partial charge in [0.1, 0.15) is 5.82 Å². The van der Waals surface area contributed by atoms with Crippen LogP contribution in [0.3, 0.4) is 0 Å². The van der Waals surface area contributed by atoms with E-state index in [2.05, 4.69) is 40.2 Å². The zero-order chi connectivity index (χ0) is 15.6. The van der Waals surface area contributed by atoms with Crippen molar-refractivity contribution in [3.63, 3.8) is 0 Å². The van der Waals surface area contributed by atoms with Gasteiger partial charge in [-0.1, -0.05) is 6.92 Å². The van der Waals surface area contributed by atoms with E-state index in [-0.39, 0.29) is 17.5 Å². The molecular formula is C15H17BrFN3O. The molecule has 0 aliphatic rings. The maximum atomic E-state index is 13.5. The lowest BCUT2D eigenvalue weighted by Crippen LogP contribution is -2.13. The van der Waals surface area contributed by atoms with Crippen LogP contribution in [0.4, 0.5) is 10.2 Å². The highest BCUT2D eigenvalue weighted by Gasteiger charge is 2.13. The van der Waals surface area contributed by atoms with Crippen LogP contribution in [0.25, 0.3) is 0 Å². The molecule has 0 fully saturated rings. The number of benzene rings is 1. The minimum atomic E-state index is -0.469. The molecule has 1 aromatic heterocycles. The minimum absolute atomic E-state index is 0.256. The molecule has 112 valence electrons. The van der Waals surface area contributed by atoms with Gasteiger partial charge >= 0.3 is 0 Å². The van der Waals surface area contributed by atoms with Crippen LogP contribution in [-0.4, -0.2) is 15.7 Å². The largest absolute Gasteiger partial charge is 0.305 e. The zero-order valence-corrected chi connectivity index (χ0v) is 13.7. The predicted octanol–water partition coefficient (Wildman–Crippen LogP) is 4.32. The smallest absolute Gasteiger partial charge is 0.256 e. The highest BCUT2D eigenvalue weighted by molar-refractivity contribution is 9.10. The van der Waals surface area contributed by atoms with E-state index in [0.29, 0.717) is 10.3 Å². The van der Waals surface area contributed by atoms with E-state index < -0.39 is 5.82 Å². The van der Waals surface area contributed by atoms with E-state index in [1.54, 1.807) is 12.1 Å². The number of carbonyl (C=O) groups is 1. The lowest BCUT2D eigenvalue weighted by molar-refractivity contribution is 0.102. The fraction of sp³-hybridized carbons (Fsp3) is 0.333. The number of aromatic nitrogens is 2. The van der Waals surface area contributed by atoms with Gasteiger partial charge in [0, 0.05) is 23.4 Å². The molecule has 1 atom stereocenters.